The predicted molar refractivity (Wildman–Crippen MR) is 102 cm³/mol. The van der Waals surface area contributed by atoms with Crippen LogP contribution in [0.5, 0.6) is 0 Å². The summed E-state index contributed by atoms with van der Waals surface area (Å²) in [6.45, 7) is 1.97. The lowest BCUT2D eigenvalue weighted by molar-refractivity contribution is -0.142. The normalized spacial score (nSPS) is 24.5. The van der Waals surface area contributed by atoms with Crippen LogP contribution in [-0.4, -0.2) is 26.5 Å². The van der Waals surface area contributed by atoms with Crippen LogP contribution in [0, 0.1) is 17.8 Å². The standard InChI is InChI=1S/C21H21F3N4O2/c1-11(14-8-12-4-5-13(14)7-12)26-20(29)15-10-25-28-18(21(22,23)24)9-16(27-19(15)28)17-3-2-6-30-17/h2-3,6,9-14H,4-5,7-8H2,1H3,(H,26,29)/t11-,12+,13+,14+/m0/s1. The quantitative estimate of drug-likeness (QED) is 0.674. The average molecular weight is 418 g/mol. The zero-order valence-electron chi connectivity index (χ0n) is 16.3. The van der Waals surface area contributed by atoms with Gasteiger partial charge in [0.1, 0.15) is 11.3 Å². The SMILES string of the molecule is C[C@H](NC(=O)c1cnn2c(C(F)(F)F)cc(-c3ccco3)nc12)[C@H]1C[C@@H]2CC[C@@H]1C2. The Labute approximate surface area is 170 Å². The lowest BCUT2D eigenvalue weighted by Gasteiger charge is -2.28. The van der Waals surface area contributed by atoms with Crippen molar-refractivity contribution in [2.45, 2.75) is 44.8 Å². The summed E-state index contributed by atoms with van der Waals surface area (Å²) in [4.78, 5) is 17.2. The highest BCUT2D eigenvalue weighted by Crippen LogP contribution is 2.49. The first-order valence-corrected chi connectivity index (χ1v) is 10.1. The second kappa shape index (κ2) is 6.85. The van der Waals surface area contributed by atoms with Crippen molar-refractivity contribution in [3.8, 4) is 11.5 Å². The summed E-state index contributed by atoms with van der Waals surface area (Å²) >= 11 is 0. The number of halogens is 3. The summed E-state index contributed by atoms with van der Waals surface area (Å²) < 4.78 is 46.8. The third-order valence-electron chi connectivity index (χ3n) is 6.57. The Bertz CT molecular complexity index is 1090. The van der Waals surface area contributed by atoms with Crippen molar-refractivity contribution in [1.29, 1.82) is 0 Å². The zero-order valence-corrected chi connectivity index (χ0v) is 16.3. The van der Waals surface area contributed by atoms with Gasteiger partial charge in [-0.1, -0.05) is 6.42 Å². The first-order chi connectivity index (χ1) is 14.3. The third kappa shape index (κ3) is 3.16. The maximum Gasteiger partial charge on any atom is 0.433 e. The van der Waals surface area contributed by atoms with Crippen LogP contribution in [0.15, 0.2) is 35.1 Å². The molecule has 9 heteroatoms. The second-order valence-corrected chi connectivity index (χ2v) is 8.40. The molecule has 0 unspecified atom stereocenters. The summed E-state index contributed by atoms with van der Waals surface area (Å²) in [6.07, 6.45) is 2.59. The molecule has 4 atom stereocenters. The number of fused-ring (bicyclic) bond motifs is 3. The highest BCUT2D eigenvalue weighted by atomic mass is 19.4. The van der Waals surface area contributed by atoms with Crippen LogP contribution < -0.4 is 5.32 Å². The number of nitrogens with zero attached hydrogens (tertiary/aromatic N) is 3. The van der Waals surface area contributed by atoms with E-state index < -0.39 is 17.8 Å². The van der Waals surface area contributed by atoms with E-state index in [4.69, 9.17) is 4.42 Å². The van der Waals surface area contributed by atoms with E-state index in [1.165, 1.54) is 31.6 Å². The summed E-state index contributed by atoms with van der Waals surface area (Å²) in [5.74, 6) is 1.49. The van der Waals surface area contributed by atoms with Gasteiger partial charge in [0.25, 0.3) is 5.91 Å². The number of nitrogens with one attached hydrogen (secondary N) is 1. The van der Waals surface area contributed by atoms with Crippen molar-refractivity contribution in [2.24, 2.45) is 17.8 Å². The maximum absolute atomic E-state index is 13.6. The number of aromatic nitrogens is 3. The minimum atomic E-state index is -4.67. The molecule has 6 nitrogen and oxygen atoms in total. The van der Waals surface area contributed by atoms with Gasteiger partial charge in [0, 0.05) is 6.04 Å². The molecule has 2 aliphatic carbocycles. The van der Waals surface area contributed by atoms with Crippen LogP contribution in [0.4, 0.5) is 13.2 Å². The Morgan fingerprint density at radius 2 is 2.17 bits per heavy atom. The van der Waals surface area contributed by atoms with Crippen LogP contribution in [0.25, 0.3) is 17.1 Å². The number of alkyl halides is 3. The molecule has 0 aromatic carbocycles. The first-order valence-electron chi connectivity index (χ1n) is 10.1. The summed E-state index contributed by atoms with van der Waals surface area (Å²) in [5.41, 5.74) is -1.15. The number of amides is 1. The minimum Gasteiger partial charge on any atom is -0.463 e. The molecule has 2 fully saturated rings. The van der Waals surface area contributed by atoms with E-state index in [-0.39, 0.29) is 28.7 Å². The van der Waals surface area contributed by atoms with Gasteiger partial charge >= 0.3 is 6.18 Å². The molecule has 0 aliphatic heterocycles. The molecule has 3 aromatic rings. The van der Waals surface area contributed by atoms with Crippen LogP contribution in [0.3, 0.4) is 0 Å². The molecule has 3 aromatic heterocycles. The van der Waals surface area contributed by atoms with Gasteiger partial charge in [-0.2, -0.15) is 18.3 Å². The summed E-state index contributed by atoms with van der Waals surface area (Å²) in [7, 11) is 0. The molecule has 2 aliphatic rings. The zero-order chi connectivity index (χ0) is 21.0. The fourth-order valence-corrected chi connectivity index (χ4v) is 5.17. The Morgan fingerprint density at radius 3 is 2.80 bits per heavy atom. The van der Waals surface area contributed by atoms with E-state index in [2.05, 4.69) is 15.4 Å². The van der Waals surface area contributed by atoms with Crippen LogP contribution in [0.2, 0.25) is 0 Å². The molecule has 3 heterocycles. The molecule has 1 amide bonds. The van der Waals surface area contributed by atoms with E-state index in [0.717, 1.165) is 24.6 Å². The van der Waals surface area contributed by atoms with E-state index in [1.54, 1.807) is 6.07 Å². The molecule has 5 rings (SSSR count). The maximum atomic E-state index is 13.6. The van der Waals surface area contributed by atoms with Gasteiger partial charge in [0.05, 0.1) is 12.5 Å². The third-order valence-corrected chi connectivity index (χ3v) is 6.57. The van der Waals surface area contributed by atoms with E-state index in [1.807, 2.05) is 6.92 Å². The molecular formula is C21H21F3N4O2. The molecule has 158 valence electrons. The highest BCUT2D eigenvalue weighted by molar-refractivity contribution is 6.00. The molecule has 0 radical (unpaired) electrons. The number of furan rings is 1. The summed E-state index contributed by atoms with van der Waals surface area (Å²) in [6, 6.07) is 3.90. The lowest BCUT2D eigenvalue weighted by atomic mass is 9.84. The van der Waals surface area contributed by atoms with Crippen molar-refractivity contribution >= 4 is 11.6 Å². The van der Waals surface area contributed by atoms with E-state index in [0.29, 0.717) is 16.4 Å². The molecular weight excluding hydrogens is 397 g/mol. The van der Waals surface area contributed by atoms with Crippen molar-refractivity contribution in [2.75, 3.05) is 0 Å². The Kier molecular flexibility index (Phi) is 4.37. The first kappa shape index (κ1) is 19.1. The Hall–Kier alpha value is -2.84. The van der Waals surface area contributed by atoms with Gasteiger partial charge < -0.3 is 9.73 Å². The molecule has 0 spiro atoms. The van der Waals surface area contributed by atoms with Gasteiger partial charge in [0.15, 0.2) is 17.1 Å². The number of carbonyl (C=O) groups is 1. The fraction of sp³-hybridized carbons (Fsp3) is 0.476. The molecule has 1 N–H and O–H groups in total. The number of hydrogen-bond donors (Lipinski definition) is 1. The molecule has 30 heavy (non-hydrogen) atoms. The number of carbonyl (C=O) groups excluding carboxylic acids is 1. The van der Waals surface area contributed by atoms with Crippen molar-refractivity contribution in [1.82, 2.24) is 19.9 Å². The second-order valence-electron chi connectivity index (χ2n) is 8.40. The van der Waals surface area contributed by atoms with Crippen LogP contribution >= 0.6 is 0 Å². The molecule has 2 bridgehead atoms. The van der Waals surface area contributed by atoms with Gasteiger partial charge in [0.2, 0.25) is 0 Å². The van der Waals surface area contributed by atoms with E-state index in [9.17, 15) is 18.0 Å². The average Bonchev–Trinajstić information content (AvgIpc) is 3.50. The number of rotatable bonds is 4. The van der Waals surface area contributed by atoms with Gasteiger partial charge in [-0.25, -0.2) is 9.50 Å². The summed E-state index contributed by atoms with van der Waals surface area (Å²) in [5, 5.41) is 6.79. The fourth-order valence-electron chi connectivity index (χ4n) is 5.17. The highest BCUT2D eigenvalue weighted by Gasteiger charge is 2.42. The number of hydrogen-bond acceptors (Lipinski definition) is 4. The molecule has 2 saturated carbocycles. The van der Waals surface area contributed by atoms with Gasteiger partial charge in [-0.3, -0.25) is 4.79 Å². The molecule has 0 saturated heterocycles. The monoisotopic (exact) mass is 418 g/mol. The van der Waals surface area contributed by atoms with Crippen molar-refractivity contribution < 1.29 is 22.4 Å². The minimum absolute atomic E-state index is 0.00414. The van der Waals surface area contributed by atoms with Gasteiger partial charge in [-0.15, -0.1) is 0 Å². The topological polar surface area (TPSA) is 72.4 Å². The van der Waals surface area contributed by atoms with E-state index >= 15 is 0 Å². The van der Waals surface area contributed by atoms with Crippen LogP contribution in [-0.2, 0) is 6.18 Å². The largest absolute Gasteiger partial charge is 0.463 e. The van der Waals surface area contributed by atoms with Crippen molar-refractivity contribution in [3.05, 3.63) is 41.9 Å². The van der Waals surface area contributed by atoms with Crippen LogP contribution in [0.1, 0.15) is 48.7 Å². The van der Waals surface area contributed by atoms with Crippen molar-refractivity contribution in [3.63, 3.8) is 0 Å². The Morgan fingerprint density at radius 1 is 1.33 bits per heavy atom. The van der Waals surface area contributed by atoms with Gasteiger partial charge in [-0.05, 0) is 62.1 Å². The smallest absolute Gasteiger partial charge is 0.433 e. The predicted octanol–water partition coefficient (Wildman–Crippen LogP) is 4.56. The lowest BCUT2D eigenvalue weighted by Crippen LogP contribution is -2.40. The Balaban J connectivity index is 1.50.